The van der Waals surface area contributed by atoms with E-state index in [1.807, 2.05) is 24.3 Å². The number of nitrogens with one attached hydrogen (secondary N) is 1. The first kappa shape index (κ1) is 19.0. The Morgan fingerprint density at radius 1 is 1.22 bits per heavy atom. The molecule has 0 aliphatic carbocycles. The van der Waals surface area contributed by atoms with Crippen molar-refractivity contribution in [1.29, 1.82) is 0 Å². The van der Waals surface area contributed by atoms with Gasteiger partial charge in [0.05, 0.1) is 7.11 Å². The van der Waals surface area contributed by atoms with Crippen LogP contribution in [0, 0.1) is 5.92 Å². The predicted octanol–water partition coefficient (Wildman–Crippen LogP) is 2.60. The molecule has 0 aromatic heterocycles. The third-order valence-electron chi connectivity index (χ3n) is 3.63. The zero-order valence-electron chi connectivity index (χ0n) is 14.6. The number of benzene rings is 1. The van der Waals surface area contributed by atoms with E-state index in [0.29, 0.717) is 32.0 Å². The standard InChI is InChI=1S/C18H28N2O3/c1-14(2)9-11-19-18(22)10-12-20(15(3)21)13-16-5-7-17(23-4)8-6-16/h5-8,14H,9-13H2,1-4H3,(H,19,22). The van der Waals surface area contributed by atoms with E-state index in [4.69, 9.17) is 4.74 Å². The molecule has 1 rings (SSSR count). The van der Waals surface area contributed by atoms with Gasteiger partial charge in [-0.15, -0.1) is 0 Å². The van der Waals surface area contributed by atoms with Crippen LogP contribution >= 0.6 is 0 Å². The summed E-state index contributed by atoms with van der Waals surface area (Å²) in [6.45, 7) is 7.39. The molecule has 0 aliphatic rings. The monoisotopic (exact) mass is 320 g/mol. The minimum Gasteiger partial charge on any atom is -0.497 e. The van der Waals surface area contributed by atoms with E-state index in [1.54, 1.807) is 12.0 Å². The van der Waals surface area contributed by atoms with Gasteiger partial charge in [0, 0.05) is 33.0 Å². The van der Waals surface area contributed by atoms with Crippen LogP contribution in [-0.4, -0.2) is 36.9 Å². The molecule has 2 amide bonds. The second kappa shape index (κ2) is 9.87. The van der Waals surface area contributed by atoms with Crippen LogP contribution in [0.2, 0.25) is 0 Å². The summed E-state index contributed by atoms with van der Waals surface area (Å²) in [4.78, 5) is 25.3. The number of hydrogen-bond acceptors (Lipinski definition) is 3. The molecule has 0 unspecified atom stereocenters. The Labute approximate surface area is 139 Å². The Morgan fingerprint density at radius 3 is 2.39 bits per heavy atom. The molecule has 0 fully saturated rings. The van der Waals surface area contributed by atoms with Crippen molar-refractivity contribution in [2.24, 2.45) is 5.92 Å². The largest absolute Gasteiger partial charge is 0.497 e. The molecule has 23 heavy (non-hydrogen) atoms. The van der Waals surface area contributed by atoms with Gasteiger partial charge in [-0.05, 0) is 30.0 Å². The first-order chi connectivity index (χ1) is 10.9. The summed E-state index contributed by atoms with van der Waals surface area (Å²) >= 11 is 0. The number of ether oxygens (including phenoxy) is 1. The second-order valence-electron chi connectivity index (χ2n) is 6.07. The Balaban J connectivity index is 2.45. The summed E-state index contributed by atoms with van der Waals surface area (Å²) in [5.41, 5.74) is 1.02. The quantitative estimate of drug-likeness (QED) is 0.761. The van der Waals surface area contributed by atoms with Gasteiger partial charge in [0.2, 0.25) is 11.8 Å². The molecule has 1 N–H and O–H groups in total. The normalized spacial score (nSPS) is 10.5. The number of nitrogens with zero attached hydrogens (tertiary/aromatic N) is 1. The molecule has 1 aromatic rings. The van der Waals surface area contributed by atoms with Gasteiger partial charge in [0.1, 0.15) is 5.75 Å². The molecule has 0 radical (unpaired) electrons. The Hall–Kier alpha value is -2.04. The van der Waals surface area contributed by atoms with Crippen molar-refractivity contribution in [3.63, 3.8) is 0 Å². The molecule has 0 bridgehead atoms. The number of amides is 2. The minimum atomic E-state index is -0.0317. The molecule has 128 valence electrons. The Bertz CT molecular complexity index is 497. The third-order valence-corrected chi connectivity index (χ3v) is 3.63. The molecule has 0 heterocycles. The summed E-state index contributed by atoms with van der Waals surface area (Å²) in [6, 6.07) is 7.59. The molecular weight excluding hydrogens is 292 g/mol. The van der Waals surface area contributed by atoms with Gasteiger partial charge in [-0.3, -0.25) is 9.59 Å². The zero-order chi connectivity index (χ0) is 17.2. The van der Waals surface area contributed by atoms with Gasteiger partial charge in [0.15, 0.2) is 0 Å². The molecule has 5 nitrogen and oxygen atoms in total. The molecule has 0 saturated heterocycles. The van der Waals surface area contributed by atoms with Crippen LogP contribution in [0.5, 0.6) is 5.75 Å². The summed E-state index contributed by atoms with van der Waals surface area (Å²) < 4.78 is 5.12. The Morgan fingerprint density at radius 2 is 1.87 bits per heavy atom. The van der Waals surface area contributed by atoms with E-state index in [-0.39, 0.29) is 11.8 Å². The van der Waals surface area contributed by atoms with E-state index in [0.717, 1.165) is 17.7 Å². The lowest BCUT2D eigenvalue weighted by Crippen LogP contribution is -2.34. The van der Waals surface area contributed by atoms with Gasteiger partial charge in [-0.1, -0.05) is 26.0 Å². The van der Waals surface area contributed by atoms with Crippen molar-refractivity contribution < 1.29 is 14.3 Å². The first-order valence-corrected chi connectivity index (χ1v) is 8.07. The maximum Gasteiger partial charge on any atom is 0.221 e. The smallest absolute Gasteiger partial charge is 0.221 e. The first-order valence-electron chi connectivity index (χ1n) is 8.07. The fraction of sp³-hybridized carbons (Fsp3) is 0.556. The van der Waals surface area contributed by atoms with E-state index in [1.165, 1.54) is 6.92 Å². The lowest BCUT2D eigenvalue weighted by atomic mass is 10.1. The van der Waals surface area contributed by atoms with Crippen molar-refractivity contribution in [3.8, 4) is 5.75 Å². The summed E-state index contributed by atoms with van der Waals surface area (Å²) in [5, 5.41) is 2.89. The van der Waals surface area contributed by atoms with Crippen LogP contribution in [-0.2, 0) is 16.1 Å². The lowest BCUT2D eigenvalue weighted by Gasteiger charge is -2.21. The van der Waals surface area contributed by atoms with Gasteiger partial charge >= 0.3 is 0 Å². The number of carbonyl (C=O) groups excluding carboxylic acids is 2. The SMILES string of the molecule is COc1ccc(CN(CCC(=O)NCCC(C)C)C(C)=O)cc1. The van der Waals surface area contributed by atoms with Crippen molar-refractivity contribution in [2.45, 2.75) is 40.2 Å². The molecular formula is C18H28N2O3. The maximum absolute atomic E-state index is 11.8. The zero-order valence-corrected chi connectivity index (χ0v) is 14.6. The van der Waals surface area contributed by atoms with Crippen LogP contribution in [0.4, 0.5) is 0 Å². The van der Waals surface area contributed by atoms with Gasteiger partial charge in [-0.2, -0.15) is 0 Å². The summed E-state index contributed by atoms with van der Waals surface area (Å²) in [5.74, 6) is 1.31. The van der Waals surface area contributed by atoms with Crippen LogP contribution in [0.1, 0.15) is 39.2 Å². The third kappa shape index (κ3) is 7.68. The highest BCUT2D eigenvalue weighted by molar-refractivity contribution is 5.78. The highest BCUT2D eigenvalue weighted by atomic mass is 16.5. The average Bonchev–Trinajstić information content (AvgIpc) is 2.51. The fourth-order valence-corrected chi connectivity index (χ4v) is 2.12. The van der Waals surface area contributed by atoms with E-state index in [2.05, 4.69) is 19.2 Å². The highest BCUT2D eigenvalue weighted by Crippen LogP contribution is 2.13. The number of rotatable bonds is 9. The van der Waals surface area contributed by atoms with E-state index in [9.17, 15) is 9.59 Å². The average molecular weight is 320 g/mol. The molecule has 5 heteroatoms. The summed E-state index contributed by atoms with van der Waals surface area (Å²) in [7, 11) is 1.62. The highest BCUT2D eigenvalue weighted by Gasteiger charge is 2.12. The van der Waals surface area contributed by atoms with Crippen molar-refractivity contribution in [1.82, 2.24) is 10.2 Å². The van der Waals surface area contributed by atoms with Crippen molar-refractivity contribution in [2.75, 3.05) is 20.2 Å². The second-order valence-corrected chi connectivity index (χ2v) is 6.07. The van der Waals surface area contributed by atoms with Crippen LogP contribution in [0.3, 0.4) is 0 Å². The van der Waals surface area contributed by atoms with Crippen LogP contribution in [0.15, 0.2) is 24.3 Å². The van der Waals surface area contributed by atoms with Crippen LogP contribution in [0.25, 0.3) is 0 Å². The summed E-state index contributed by atoms with van der Waals surface area (Å²) in [6.07, 6.45) is 1.29. The topological polar surface area (TPSA) is 58.6 Å². The van der Waals surface area contributed by atoms with Gasteiger partial charge in [-0.25, -0.2) is 0 Å². The van der Waals surface area contributed by atoms with E-state index < -0.39 is 0 Å². The Kier molecular flexibility index (Phi) is 8.16. The van der Waals surface area contributed by atoms with Crippen molar-refractivity contribution >= 4 is 11.8 Å². The molecule has 0 saturated carbocycles. The molecule has 1 aromatic carbocycles. The maximum atomic E-state index is 11.8. The fourth-order valence-electron chi connectivity index (χ4n) is 2.12. The lowest BCUT2D eigenvalue weighted by molar-refractivity contribution is -0.130. The molecule has 0 spiro atoms. The van der Waals surface area contributed by atoms with E-state index >= 15 is 0 Å². The number of hydrogen-bond donors (Lipinski definition) is 1. The van der Waals surface area contributed by atoms with Gasteiger partial charge in [0.25, 0.3) is 0 Å². The van der Waals surface area contributed by atoms with Crippen LogP contribution < -0.4 is 10.1 Å². The minimum absolute atomic E-state index is 0.00775. The van der Waals surface area contributed by atoms with Crippen molar-refractivity contribution in [3.05, 3.63) is 29.8 Å². The van der Waals surface area contributed by atoms with Gasteiger partial charge < -0.3 is 15.0 Å². The number of carbonyl (C=O) groups is 2. The molecule has 0 aliphatic heterocycles. The molecule has 0 atom stereocenters. The number of methoxy groups -OCH3 is 1. The predicted molar refractivity (Wildman–Crippen MR) is 91.2 cm³/mol.